The summed E-state index contributed by atoms with van der Waals surface area (Å²) in [5.74, 6) is -0.504. The number of urea groups is 1. The number of hydrogen-bond donors (Lipinski definition) is 1. The molecule has 28 heavy (non-hydrogen) atoms. The van der Waals surface area contributed by atoms with Crippen molar-refractivity contribution in [2.45, 2.75) is 38.4 Å². The third kappa shape index (κ3) is 2.24. The van der Waals surface area contributed by atoms with Gasteiger partial charge >= 0.3 is 6.03 Å². The zero-order chi connectivity index (χ0) is 19.6. The van der Waals surface area contributed by atoms with E-state index in [1.807, 2.05) is 26.0 Å². The summed E-state index contributed by atoms with van der Waals surface area (Å²) in [6, 6.07) is 13.7. The second kappa shape index (κ2) is 5.67. The van der Waals surface area contributed by atoms with Gasteiger partial charge in [0, 0.05) is 28.6 Å². The van der Waals surface area contributed by atoms with Gasteiger partial charge in [-0.2, -0.15) is 0 Å². The first kappa shape index (κ1) is 17.0. The Balaban J connectivity index is 1.74. The number of hydrogen-bond acceptors (Lipinski definition) is 2. The number of nitrogens with one attached hydrogen (secondary N) is 1. The molecule has 2 aromatic carbocycles. The Labute approximate surface area is 161 Å². The third-order valence-corrected chi connectivity index (χ3v) is 6.03. The van der Waals surface area contributed by atoms with Crippen LogP contribution in [0, 0.1) is 5.82 Å². The highest BCUT2D eigenvalue weighted by atomic mass is 19.1. The van der Waals surface area contributed by atoms with Gasteiger partial charge in [0.2, 0.25) is 0 Å². The fourth-order valence-electron chi connectivity index (χ4n) is 4.88. The maximum atomic E-state index is 13.3. The Hall–Kier alpha value is -3.15. The summed E-state index contributed by atoms with van der Waals surface area (Å²) in [6.07, 6.45) is 0. The van der Waals surface area contributed by atoms with E-state index in [0.29, 0.717) is 13.1 Å². The molecule has 5 rings (SSSR count). The molecule has 6 heteroatoms. The van der Waals surface area contributed by atoms with Crippen molar-refractivity contribution in [3.05, 3.63) is 71.2 Å². The summed E-state index contributed by atoms with van der Waals surface area (Å²) in [4.78, 5) is 26.5. The first-order valence-electron chi connectivity index (χ1n) is 9.34. The van der Waals surface area contributed by atoms with Crippen LogP contribution < -0.4 is 5.32 Å². The van der Waals surface area contributed by atoms with Crippen LogP contribution in [0.5, 0.6) is 0 Å². The number of carbonyl (C=O) groups excluding carboxylic acids is 2. The third-order valence-electron chi connectivity index (χ3n) is 6.03. The molecule has 0 radical (unpaired) electrons. The number of fused-ring (bicyclic) bond motifs is 4. The minimum Gasteiger partial charge on any atom is -0.338 e. The van der Waals surface area contributed by atoms with Crippen molar-refractivity contribution in [2.24, 2.45) is 0 Å². The first-order valence-corrected chi connectivity index (χ1v) is 9.34. The Morgan fingerprint density at radius 2 is 1.82 bits per heavy atom. The number of rotatable bonds is 2. The van der Waals surface area contributed by atoms with Gasteiger partial charge in [0.15, 0.2) is 0 Å². The van der Waals surface area contributed by atoms with Gasteiger partial charge in [-0.15, -0.1) is 0 Å². The lowest BCUT2D eigenvalue weighted by molar-refractivity contribution is -0.123. The monoisotopic (exact) mass is 377 g/mol. The summed E-state index contributed by atoms with van der Waals surface area (Å²) in [7, 11) is 0. The van der Waals surface area contributed by atoms with Crippen LogP contribution in [0.4, 0.5) is 9.18 Å². The number of imide groups is 1. The number of amides is 3. The van der Waals surface area contributed by atoms with E-state index in [0.717, 1.165) is 27.7 Å². The topological polar surface area (TPSA) is 54.3 Å². The van der Waals surface area contributed by atoms with Crippen LogP contribution in [0.2, 0.25) is 0 Å². The van der Waals surface area contributed by atoms with Crippen molar-refractivity contribution >= 4 is 22.8 Å². The second-order valence-corrected chi connectivity index (χ2v) is 8.10. The second-order valence-electron chi connectivity index (χ2n) is 8.10. The van der Waals surface area contributed by atoms with Crippen molar-refractivity contribution in [2.75, 3.05) is 0 Å². The van der Waals surface area contributed by atoms with Crippen LogP contribution >= 0.6 is 0 Å². The molecular weight excluding hydrogens is 357 g/mol. The molecule has 0 spiro atoms. The van der Waals surface area contributed by atoms with E-state index in [4.69, 9.17) is 0 Å². The maximum absolute atomic E-state index is 13.3. The van der Waals surface area contributed by atoms with E-state index < -0.39 is 11.5 Å². The van der Waals surface area contributed by atoms with E-state index in [-0.39, 0.29) is 17.8 Å². The maximum Gasteiger partial charge on any atom is 0.325 e. The van der Waals surface area contributed by atoms with Crippen molar-refractivity contribution in [3.63, 3.8) is 0 Å². The van der Waals surface area contributed by atoms with Crippen LogP contribution in [0.25, 0.3) is 10.9 Å². The number of carbonyl (C=O) groups is 2. The van der Waals surface area contributed by atoms with Crippen LogP contribution in [0.3, 0.4) is 0 Å². The van der Waals surface area contributed by atoms with Crippen LogP contribution in [0.1, 0.15) is 30.7 Å². The highest BCUT2D eigenvalue weighted by Crippen LogP contribution is 2.45. The van der Waals surface area contributed by atoms with E-state index in [9.17, 15) is 14.0 Å². The summed E-state index contributed by atoms with van der Waals surface area (Å²) in [5.41, 5.74) is 3.64. The molecule has 3 amide bonds. The Bertz CT molecular complexity index is 1130. The van der Waals surface area contributed by atoms with Gasteiger partial charge in [0.25, 0.3) is 5.91 Å². The smallest absolute Gasteiger partial charge is 0.325 e. The predicted molar refractivity (Wildman–Crippen MR) is 103 cm³/mol. The molecule has 1 fully saturated rings. The highest BCUT2D eigenvalue weighted by molar-refractivity contribution is 6.06. The molecule has 1 aromatic heterocycles. The largest absolute Gasteiger partial charge is 0.338 e. The van der Waals surface area contributed by atoms with Gasteiger partial charge in [-0.25, -0.2) is 9.18 Å². The molecule has 1 N–H and O–H groups in total. The standard InChI is InChI=1S/C22H20FN3O2/c1-22(2)18-15-5-3-4-6-16(15)25(11-13-7-9-14(23)10-8-13)17(18)12-26-19(22)20(27)24-21(26)28/h3-10,19H,11-12H2,1-2H3,(H,24,27,28)/t19-/m0/s1. The van der Waals surface area contributed by atoms with Gasteiger partial charge in [-0.05, 0) is 29.3 Å². The Morgan fingerprint density at radius 1 is 1.11 bits per heavy atom. The predicted octanol–water partition coefficient (Wildman–Crippen LogP) is 3.54. The molecule has 0 unspecified atom stereocenters. The molecule has 0 saturated carbocycles. The molecule has 0 bridgehead atoms. The van der Waals surface area contributed by atoms with Gasteiger partial charge in [0.1, 0.15) is 11.9 Å². The van der Waals surface area contributed by atoms with Crippen molar-refractivity contribution in [3.8, 4) is 0 Å². The number of halogens is 1. The van der Waals surface area contributed by atoms with Crippen LogP contribution in [-0.4, -0.2) is 27.4 Å². The molecular formula is C22H20FN3O2. The zero-order valence-electron chi connectivity index (χ0n) is 15.7. The lowest BCUT2D eigenvalue weighted by Crippen LogP contribution is -2.52. The minimum atomic E-state index is -0.530. The zero-order valence-corrected chi connectivity index (χ0v) is 15.7. The summed E-state index contributed by atoms with van der Waals surface area (Å²) < 4.78 is 15.5. The molecule has 2 aliphatic heterocycles. The number of nitrogens with zero attached hydrogens (tertiary/aromatic N) is 2. The highest BCUT2D eigenvalue weighted by Gasteiger charge is 2.53. The lowest BCUT2D eigenvalue weighted by Gasteiger charge is -2.41. The average Bonchev–Trinajstić information content (AvgIpc) is 3.13. The van der Waals surface area contributed by atoms with Gasteiger partial charge < -0.3 is 9.47 Å². The SMILES string of the molecule is CC1(C)c2c(n(Cc3ccc(F)cc3)c3ccccc23)CN2C(=O)NC(=O)[C@H]21. The van der Waals surface area contributed by atoms with E-state index in [1.165, 1.54) is 12.1 Å². The molecule has 0 aliphatic carbocycles. The lowest BCUT2D eigenvalue weighted by atomic mass is 9.73. The van der Waals surface area contributed by atoms with Crippen LogP contribution in [0.15, 0.2) is 48.5 Å². The molecule has 1 atom stereocenters. The normalized spacial score (nSPS) is 20.2. The summed E-state index contributed by atoms with van der Waals surface area (Å²) in [6.45, 7) is 4.99. The van der Waals surface area contributed by atoms with Crippen molar-refractivity contribution in [1.29, 1.82) is 0 Å². The van der Waals surface area contributed by atoms with Crippen molar-refractivity contribution < 1.29 is 14.0 Å². The molecule has 142 valence electrons. The summed E-state index contributed by atoms with van der Waals surface area (Å²) in [5, 5.41) is 3.55. The average molecular weight is 377 g/mol. The van der Waals surface area contributed by atoms with Gasteiger partial charge in [-0.3, -0.25) is 10.1 Å². The van der Waals surface area contributed by atoms with Crippen LogP contribution in [-0.2, 0) is 23.3 Å². The van der Waals surface area contributed by atoms with E-state index in [2.05, 4.69) is 22.0 Å². The molecule has 2 aliphatic rings. The number of benzene rings is 2. The Morgan fingerprint density at radius 3 is 2.57 bits per heavy atom. The molecule has 1 saturated heterocycles. The fraction of sp³-hybridized carbons (Fsp3) is 0.273. The quantitative estimate of drug-likeness (QED) is 0.695. The van der Waals surface area contributed by atoms with E-state index in [1.54, 1.807) is 17.0 Å². The Kier molecular flexibility index (Phi) is 3.44. The minimum absolute atomic E-state index is 0.240. The fourth-order valence-corrected chi connectivity index (χ4v) is 4.88. The molecule has 5 nitrogen and oxygen atoms in total. The van der Waals surface area contributed by atoms with Gasteiger partial charge in [-0.1, -0.05) is 44.2 Å². The van der Waals surface area contributed by atoms with E-state index >= 15 is 0 Å². The molecule has 3 aromatic rings. The molecule has 3 heterocycles. The first-order chi connectivity index (χ1) is 13.4. The number of para-hydroxylation sites is 1. The number of aromatic nitrogens is 1. The summed E-state index contributed by atoms with van der Waals surface area (Å²) >= 11 is 0. The van der Waals surface area contributed by atoms with Gasteiger partial charge in [0.05, 0.1) is 6.54 Å². The van der Waals surface area contributed by atoms with Crippen molar-refractivity contribution in [1.82, 2.24) is 14.8 Å².